The van der Waals surface area contributed by atoms with Crippen LogP contribution in [0.2, 0.25) is 0 Å². The van der Waals surface area contributed by atoms with Gasteiger partial charge in [0.15, 0.2) is 0 Å². The van der Waals surface area contributed by atoms with Crippen molar-refractivity contribution in [2.45, 2.75) is 12.2 Å². The van der Waals surface area contributed by atoms with Gasteiger partial charge in [-0.15, -0.1) is 0 Å². The molecule has 0 bridgehead atoms. The Kier molecular flexibility index (Phi) is 5.86. The van der Waals surface area contributed by atoms with Gasteiger partial charge in [-0.2, -0.15) is 11.8 Å². The third-order valence-corrected chi connectivity index (χ3v) is 3.39. The van der Waals surface area contributed by atoms with Crippen LogP contribution in [0.5, 0.6) is 5.75 Å². The SMILES string of the molecule is COc1cc(CSCCCO)ccc1C(=N)N. The zero-order valence-corrected chi connectivity index (χ0v) is 10.7. The Labute approximate surface area is 106 Å². The lowest BCUT2D eigenvalue weighted by Crippen LogP contribution is -2.12. The van der Waals surface area contributed by atoms with Crippen molar-refractivity contribution in [3.05, 3.63) is 29.3 Å². The highest BCUT2D eigenvalue weighted by Gasteiger charge is 2.06. The van der Waals surface area contributed by atoms with E-state index in [9.17, 15) is 0 Å². The van der Waals surface area contributed by atoms with E-state index in [0.717, 1.165) is 23.5 Å². The maximum absolute atomic E-state index is 8.67. The van der Waals surface area contributed by atoms with Gasteiger partial charge in [0.1, 0.15) is 11.6 Å². The first-order valence-electron chi connectivity index (χ1n) is 5.39. The summed E-state index contributed by atoms with van der Waals surface area (Å²) in [6, 6.07) is 5.66. The van der Waals surface area contributed by atoms with Crippen molar-refractivity contribution in [3.8, 4) is 5.75 Å². The van der Waals surface area contributed by atoms with Crippen molar-refractivity contribution < 1.29 is 9.84 Å². The smallest absolute Gasteiger partial charge is 0.130 e. The molecule has 5 heteroatoms. The minimum Gasteiger partial charge on any atom is -0.496 e. The van der Waals surface area contributed by atoms with Crippen LogP contribution < -0.4 is 10.5 Å². The number of rotatable bonds is 7. The minimum absolute atomic E-state index is 0.0151. The van der Waals surface area contributed by atoms with E-state index >= 15 is 0 Å². The average molecular weight is 254 g/mol. The zero-order valence-electron chi connectivity index (χ0n) is 9.90. The first kappa shape index (κ1) is 13.9. The van der Waals surface area contributed by atoms with Crippen LogP contribution in [-0.2, 0) is 5.75 Å². The summed E-state index contributed by atoms with van der Waals surface area (Å²) in [5.41, 5.74) is 7.21. The van der Waals surface area contributed by atoms with E-state index in [1.165, 1.54) is 0 Å². The fourth-order valence-corrected chi connectivity index (χ4v) is 2.30. The van der Waals surface area contributed by atoms with E-state index in [0.29, 0.717) is 11.3 Å². The number of methoxy groups -OCH3 is 1. The van der Waals surface area contributed by atoms with Crippen molar-refractivity contribution in [1.29, 1.82) is 5.41 Å². The molecule has 17 heavy (non-hydrogen) atoms. The number of ether oxygens (including phenoxy) is 1. The molecular weight excluding hydrogens is 236 g/mol. The summed E-state index contributed by atoms with van der Waals surface area (Å²) in [7, 11) is 1.57. The third kappa shape index (κ3) is 4.28. The first-order chi connectivity index (χ1) is 8.19. The summed E-state index contributed by atoms with van der Waals surface area (Å²) < 4.78 is 5.20. The summed E-state index contributed by atoms with van der Waals surface area (Å²) >= 11 is 1.76. The molecule has 0 aromatic heterocycles. The van der Waals surface area contributed by atoms with E-state index in [4.69, 9.17) is 21.0 Å². The third-order valence-electron chi connectivity index (χ3n) is 2.27. The number of benzene rings is 1. The number of aliphatic hydroxyl groups is 1. The van der Waals surface area contributed by atoms with Gasteiger partial charge in [0, 0.05) is 12.4 Å². The molecule has 0 amide bonds. The number of aliphatic hydroxyl groups excluding tert-OH is 1. The normalized spacial score (nSPS) is 10.2. The van der Waals surface area contributed by atoms with Crippen molar-refractivity contribution >= 4 is 17.6 Å². The van der Waals surface area contributed by atoms with Crippen molar-refractivity contribution in [2.75, 3.05) is 19.5 Å². The maximum Gasteiger partial charge on any atom is 0.130 e. The number of nitrogen functional groups attached to an aromatic ring is 1. The summed E-state index contributed by atoms with van der Waals surface area (Å²) in [5, 5.41) is 16.1. The van der Waals surface area contributed by atoms with Gasteiger partial charge in [-0.3, -0.25) is 5.41 Å². The molecule has 0 aliphatic rings. The number of hydrogen-bond donors (Lipinski definition) is 3. The van der Waals surface area contributed by atoms with E-state index in [1.54, 1.807) is 18.9 Å². The fourth-order valence-electron chi connectivity index (χ4n) is 1.40. The Morgan fingerprint density at radius 2 is 2.29 bits per heavy atom. The van der Waals surface area contributed by atoms with Crippen molar-refractivity contribution in [2.24, 2.45) is 5.73 Å². The van der Waals surface area contributed by atoms with Crippen molar-refractivity contribution in [1.82, 2.24) is 0 Å². The van der Waals surface area contributed by atoms with E-state index in [-0.39, 0.29) is 12.4 Å². The van der Waals surface area contributed by atoms with E-state index in [2.05, 4.69) is 0 Å². The molecule has 0 aliphatic carbocycles. The molecule has 4 nitrogen and oxygen atoms in total. The van der Waals surface area contributed by atoms with Gasteiger partial charge in [-0.05, 0) is 29.9 Å². The van der Waals surface area contributed by atoms with Crippen LogP contribution >= 0.6 is 11.8 Å². The molecule has 0 heterocycles. The van der Waals surface area contributed by atoms with Crippen LogP contribution in [0.25, 0.3) is 0 Å². The topological polar surface area (TPSA) is 79.3 Å². The number of amidine groups is 1. The standard InChI is InChI=1S/C12H18N2O2S/c1-16-11-7-9(8-17-6-2-5-15)3-4-10(11)12(13)14/h3-4,7,15H,2,5-6,8H2,1H3,(H3,13,14). The molecule has 0 unspecified atom stereocenters. The maximum atomic E-state index is 8.67. The van der Waals surface area contributed by atoms with Crippen LogP contribution in [0.1, 0.15) is 17.5 Å². The first-order valence-corrected chi connectivity index (χ1v) is 6.54. The predicted molar refractivity (Wildman–Crippen MR) is 71.9 cm³/mol. The molecule has 0 radical (unpaired) electrons. The Bertz CT molecular complexity index is 383. The Morgan fingerprint density at radius 1 is 1.53 bits per heavy atom. The van der Waals surface area contributed by atoms with E-state index < -0.39 is 0 Å². The van der Waals surface area contributed by atoms with E-state index in [1.807, 2.05) is 18.2 Å². The largest absolute Gasteiger partial charge is 0.496 e. The van der Waals surface area contributed by atoms with Crippen LogP contribution in [0.3, 0.4) is 0 Å². The average Bonchev–Trinajstić information content (AvgIpc) is 2.34. The summed E-state index contributed by atoms with van der Waals surface area (Å²) in [6.07, 6.45) is 0.813. The number of nitrogens with two attached hydrogens (primary N) is 1. The lowest BCUT2D eigenvalue weighted by atomic mass is 10.1. The molecule has 1 aromatic carbocycles. The van der Waals surface area contributed by atoms with Gasteiger partial charge in [-0.25, -0.2) is 0 Å². The summed E-state index contributed by atoms with van der Waals surface area (Å²) in [6.45, 7) is 0.236. The molecule has 0 aliphatic heterocycles. The van der Waals surface area contributed by atoms with Gasteiger partial charge >= 0.3 is 0 Å². The molecule has 4 N–H and O–H groups in total. The highest BCUT2D eigenvalue weighted by Crippen LogP contribution is 2.22. The Hall–Kier alpha value is -1.20. The van der Waals surface area contributed by atoms with Crippen LogP contribution in [0.4, 0.5) is 0 Å². The fraction of sp³-hybridized carbons (Fsp3) is 0.417. The van der Waals surface area contributed by atoms with Gasteiger partial charge in [0.2, 0.25) is 0 Å². The number of nitrogens with one attached hydrogen (secondary N) is 1. The van der Waals surface area contributed by atoms with Crippen molar-refractivity contribution in [3.63, 3.8) is 0 Å². The monoisotopic (exact) mass is 254 g/mol. The molecule has 0 atom stereocenters. The molecule has 0 fully saturated rings. The lowest BCUT2D eigenvalue weighted by molar-refractivity contribution is 0.296. The zero-order chi connectivity index (χ0) is 12.7. The highest BCUT2D eigenvalue weighted by atomic mass is 32.2. The minimum atomic E-state index is 0.0151. The second kappa shape index (κ2) is 7.19. The highest BCUT2D eigenvalue weighted by molar-refractivity contribution is 7.98. The molecule has 0 saturated carbocycles. The van der Waals surface area contributed by atoms with Gasteiger partial charge < -0.3 is 15.6 Å². The Balaban J connectivity index is 2.66. The molecule has 94 valence electrons. The number of hydrogen-bond acceptors (Lipinski definition) is 4. The lowest BCUT2D eigenvalue weighted by Gasteiger charge is -2.09. The quantitative estimate of drug-likeness (QED) is 0.392. The van der Waals surface area contributed by atoms with Crippen LogP contribution in [0.15, 0.2) is 18.2 Å². The van der Waals surface area contributed by atoms with Gasteiger partial charge in [-0.1, -0.05) is 6.07 Å². The summed E-state index contributed by atoms with van der Waals surface area (Å²) in [4.78, 5) is 0. The predicted octanol–water partition coefficient (Wildman–Crippen LogP) is 1.59. The second-order valence-electron chi connectivity index (χ2n) is 3.58. The molecule has 0 spiro atoms. The van der Waals surface area contributed by atoms with Gasteiger partial charge in [0.05, 0.1) is 12.7 Å². The van der Waals surface area contributed by atoms with Gasteiger partial charge in [0.25, 0.3) is 0 Å². The molecule has 1 rings (SSSR count). The Morgan fingerprint density at radius 3 is 2.88 bits per heavy atom. The van der Waals surface area contributed by atoms with Crippen LogP contribution in [-0.4, -0.2) is 30.4 Å². The number of thioether (sulfide) groups is 1. The molecule has 1 aromatic rings. The molecular formula is C12H18N2O2S. The van der Waals surface area contributed by atoms with Crippen LogP contribution in [0, 0.1) is 5.41 Å². The second-order valence-corrected chi connectivity index (χ2v) is 4.68. The molecule has 0 saturated heterocycles. The summed E-state index contributed by atoms with van der Waals surface area (Å²) in [5.74, 6) is 2.46.